The molecule has 0 spiro atoms. The molecule has 0 unspecified atom stereocenters. The van der Waals surface area contributed by atoms with E-state index in [2.05, 4.69) is 32.5 Å². The third-order valence-electron chi connectivity index (χ3n) is 0.894. The Hall–Kier alpha value is -1.39. The number of anilines is 1. The number of hydrogen-bond donors (Lipinski definition) is 2. The SMILES string of the molecule is C=C(C)CNc1nn[nH]n1. The predicted octanol–water partition coefficient (Wildman–Crippen LogP) is 0.188. The lowest BCUT2D eigenvalue weighted by Gasteiger charge is -1.96. The number of aromatic nitrogens is 4. The molecule has 0 amide bonds. The molecule has 1 heterocycles. The summed E-state index contributed by atoms with van der Waals surface area (Å²) >= 11 is 0. The second kappa shape index (κ2) is 2.95. The van der Waals surface area contributed by atoms with Crippen molar-refractivity contribution >= 4 is 5.95 Å². The molecule has 1 rings (SSSR count). The van der Waals surface area contributed by atoms with E-state index in [0.717, 1.165) is 5.57 Å². The normalized spacial score (nSPS) is 9.30. The van der Waals surface area contributed by atoms with Gasteiger partial charge in [0.25, 0.3) is 5.95 Å². The molecule has 5 nitrogen and oxygen atoms in total. The van der Waals surface area contributed by atoms with E-state index in [0.29, 0.717) is 12.5 Å². The average Bonchev–Trinajstić information content (AvgIpc) is 2.34. The molecular weight excluding hydrogens is 130 g/mol. The molecule has 54 valence electrons. The van der Waals surface area contributed by atoms with Gasteiger partial charge in [0, 0.05) is 6.54 Å². The van der Waals surface area contributed by atoms with E-state index in [4.69, 9.17) is 0 Å². The third kappa shape index (κ3) is 1.85. The van der Waals surface area contributed by atoms with Crippen LogP contribution in [-0.4, -0.2) is 27.2 Å². The summed E-state index contributed by atoms with van der Waals surface area (Å²) < 4.78 is 0. The fourth-order valence-electron chi connectivity index (χ4n) is 0.467. The summed E-state index contributed by atoms with van der Waals surface area (Å²) in [7, 11) is 0. The molecular formula is C5H9N5. The van der Waals surface area contributed by atoms with Gasteiger partial charge in [0.15, 0.2) is 0 Å². The number of aromatic amines is 1. The van der Waals surface area contributed by atoms with Gasteiger partial charge in [-0.05, 0) is 12.1 Å². The molecule has 0 aliphatic heterocycles. The van der Waals surface area contributed by atoms with Crippen molar-refractivity contribution in [1.82, 2.24) is 20.6 Å². The Kier molecular flexibility index (Phi) is 1.99. The van der Waals surface area contributed by atoms with Gasteiger partial charge >= 0.3 is 0 Å². The molecule has 0 aliphatic rings. The topological polar surface area (TPSA) is 66.5 Å². The van der Waals surface area contributed by atoms with Gasteiger partial charge in [-0.3, -0.25) is 0 Å². The molecule has 0 saturated carbocycles. The van der Waals surface area contributed by atoms with Gasteiger partial charge in [-0.1, -0.05) is 17.3 Å². The van der Waals surface area contributed by atoms with Gasteiger partial charge in [-0.15, -0.1) is 5.10 Å². The van der Waals surface area contributed by atoms with Crippen molar-refractivity contribution in [3.8, 4) is 0 Å². The molecule has 2 N–H and O–H groups in total. The zero-order valence-corrected chi connectivity index (χ0v) is 5.76. The van der Waals surface area contributed by atoms with E-state index in [1.807, 2.05) is 6.92 Å². The number of tetrazole rings is 1. The number of hydrogen-bond acceptors (Lipinski definition) is 4. The summed E-state index contributed by atoms with van der Waals surface area (Å²) in [5.74, 6) is 0.503. The first-order valence-electron chi connectivity index (χ1n) is 2.91. The minimum atomic E-state index is 0.503. The van der Waals surface area contributed by atoms with Crippen LogP contribution in [0.4, 0.5) is 5.95 Å². The smallest absolute Gasteiger partial charge is 0.263 e. The standard InChI is InChI=1S/C5H9N5/c1-4(2)3-6-5-7-9-10-8-5/h1,3H2,2H3,(H2,6,7,8,9,10). The predicted molar refractivity (Wildman–Crippen MR) is 37.5 cm³/mol. The van der Waals surface area contributed by atoms with Crippen LogP contribution in [0.25, 0.3) is 0 Å². The Morgan fingerprint density at radius 2 is 2.60 bits per heavy atom. The summed E-state index contributed by atoms with van der Waals surface area (Å²) in [6, 6.07) is 0. The monoisotopic (exact) mass is 139 g/mol. The van der Waals surface area contributed by atoms with Crippen LogP contribution in [0.3, 0.4) is 0 Å². The Bertz CT molecular complexity index is 202. The van der Waals surface area contributed by atoms with Crippen LogP contribution in [0, 0.1) is 0 Å². The molecule has 0 aliphatic carbocycles. The molecule has 0 fully saturated rings. The molecule has 0 aromatic carbocycles. The van der Waals surface area contributed by atoms with E-state index < -0.39 is 0 Å². The van der Waals surface area contributed by atoms with Gasteiger partial charge in [0.1, 0.15) is 0 Å². The van der Waals surface area contributed by atoms with Crippen molar-refractivity contribution in [2.75, 3.05) is 11.9 Å². The molecule has 5 heteroatoms. The summed E-state index contributed by atoms with van der Waals surface area (Å²) in [5, 5.41) is 16.0. The lowest BCUT2D eigenvalue weighted by atomic mass is 10.3. The maximum Gasteiger partial charge on any atom is 0.263 e. The summed E-state index contributed by atoms with van der Waals surface area (Å²) in [6.45, 7) is 6.31. The molecule has 0 bridgehead atoms. The van der Waals surface area contributed by atoms with Crippen LogP contribution < -0.4 is 5.32 Å². The van der Waals surface area contributed by atoms with Crippen molar-refractivity contribution in [3.05, 3.63) is 12.2 Å². The molecule has 10 heavy (non-hydrogen) atoms. The van der Waals surface area contributed by atoms with Crippen molar-refractivity contribution in [2.24, 2.45) is 0 Å². The van der Waals surface area contributed by atoms with Crippen LogP contribution in [0.5, 0.6) is 0 Å². The van der Waals surface area contributed by atoms with Crippen LogP contribution >= 0.6 is 0 Å². The van der Waals surface area contributed by atoms with Gasteiger partial charge in [0.05, 0.1) is 0 Å². The second-order valence-electron chi connectivity index (χ2n) is 2.05. The largest absolute Gasteiger partial charge is 0.348 e. The third-order valence-corrected chi connectivity index (χ3v) is 0.894. The Labute approximate surface area is 58.5 Å². The van der Waals surface area contributed by atoms with Gasteiger partial charge < -0.3 is 5.32 Å². The molecule has 0 atom stereocenters. The molecule has 0 saturated heterocycles. The zero-order chi connectivity index (χ0) is 7.40. The Morgan fingerprint density at radius 3 is 3.10 bits per heavy atom. The number of rotatable bonds is 3. The highest BCUT2D eigenvalue weighted by Gasteiger charge is 1.93. The quantitative estimate of drug-likeness (QED) is 0.586. The highest BCUT2D eigenvalue weighted by Crippen LogP contribution is 1.92. The Balaban J connectivity index is 2.35. The minimum Gasteiger partial charge on any atom is -0.348 e. The second-order valence-corrected chi connectivity index (χ2v) is 2.05. The molecule has 1 aromatic rings. The van der Waals surface area contributed by atoms with E-state index in [-0.39, 0.29) is 0 Å². The highest BCUT2D eigenvalue weighted by molar-refractivity contribution is 5.21. The van der Waals surface area contributed by atoms with Gasteiger partial charge in [0.2, 0.25) is 0 Å². The lowest BCUT2D eigenvalue weighted by Crippen LogP contribution is -2.03. The number of H-pyrrole nitrogens is 1. The fourth-order valence-corrected chi connectivity index (χ4v) is 0.467. The van der Waals surface area contributed by atoms with E-state index in [1.54, 1.807) is 0 Å². The lowest BCUT2D eigenvalue weighted by molar-refractivity contribution is 0.881. The van der Waals surface area contributed by atoms with Gasteiger partial charge in [-0.25, -0.2) is 0 Å². The maximum absolute atomic E-state index is 3.71. The number of nitrogens with one attached hydrogen (secondary N) is 2. The summed E-state index contributed by atoms with van der Waals surface area (Å²) in [6.07, 6.45) is 0. The van der Waals surface area contributed by atoms with Crippen molar-refractivity contribution in [2.45, 2.75) is 6.92 Å². The van der Waals surface area contributed by atoms with Crippen LogP contribution in [-0.2, 0) is 0 Å². The van der Waals surface area contributed by atoms with Crippen molar-refractivity contribution < 1.29 is 0 Å². The minimum absolute atomic E-state index is 0.503. The number of nitrogens with zero attached hydrogens (tertiary/aromatic N) is 3. The summed E-state index contributed by atoms with van der Waals surface area (Å²) in [4.78, 5) is 0. The molecule has 0 radical (unpaired) electrons. The fraction of sp³-hybridized carbons (Fsp3) is 0.400. The van der Waals surface area contributed by atoms with Gasteiger partial charge in [-0.2, -0.15) is 5.21 Å². The first-order chi connectivity index (χ1) is 4.79. The first kappa shape index (κ1) is 6.73. The van der Waals surface area contributed by atoms with E-state index in [9.17, 15) is 0 Å². The van der Waals surface area contributed by atoms with Crippen molar-refractivity contribution in [3.63, 3.8) is 0 Å². The summed E-state index contributed by atoms with van der Waals surface area (Å²) in [5.41, 5.74) is 1.03. The average molecular weight is 139 g/mol. The van der Waals surface area contributed by atoms with Crippen LogP contribution in [0.2, 0.25) is 0 Å². The maximum atomic E-state index is 3.71. The highest BCUT2D eigenvalue weighted by atomic mass is 15.5. The van der Waals surface area contributed by atoms with E-state index in [1.165, 1.54) is 0 Å². The van der Waals surface area contributed by atoms with Crippen LogP contribution in [0.1, 0.15) is 6.92 Å². The first-order valence-corrected chi connectivity index (χ1v) is 2.91. The zero-order valence-electron chi connectivity index (χ0n) is 5.76. The Morgan fingerprint density at radius 1 is 1.80 bits per heavy atom. The molecule has 1 aromatic heterocycles. The van der Waals surface area contributed by atoms with E-state index >= 15 is 0 Å². The van der Waals surface area contributed by atoms with Crippen molar-refractivity contribution in [1.29, 1.82) is 0 Å². The van der Waals surface area contributed by atoms with Crippen LogP contribution in [0.15, 0.2) is 12.2 Å².